The fraction of sp³-hybridized carbons (Fsp3) is 0.833. The van der Waals surface area contributed by atoms with Crippen molar-refractivity contribution in [2.45, 2.75) is 51.6 Å². The first-order valence-electron chi connectivity index (χ1n) is 5.96. The van der Waals surface area contributed by atoms with Gasteiger partial charge >= 0.3 is 5.97 Å². The minimum atomic E-state index is -1.03. The molecule has 0 aromatic heterocycles. The third-order valence-corrected chi connectivity index (χ3v) is 3.17. The molecule has 5 heteroatoms. The summed E-state index contributed by atoms with van der Waals surface area (Å²) in [6, 6.07) is 0. The van der Waals surface area contributed by atoms with Gasteiger partial charge in [0.15, 0.2) is 0 Å². The lowest BCUT2D eigenvalue weighted by Crippen LogP contribution is -2.54. The standard InChI is InChI=1S/C12H22N2O3/c1-11(2,3)13-8-9(15)14-7-5-6-12(14,4)10(16)17/h13H,5-8H2,1-4H3,(H,16,17). The minimum Gasteiger partial charge on any atom is -0.480 e. The molecular formula is C12H22N2O3. The Morgan fingerprint density at radius 2 is 2.00 bits per heavy atom. The molecule has 1 rings (SSSR count). The van der Waals surface area contributed by atoms with E-state index in [0.717, 1.165) is 6.42 Å². The number of carboxylic acids is 1. The predicted octanol–water partition coefficient (Wildman–Crippen LogP) is 0.840. The van der Waals surface area contributed by atoms with Crippen molar-refractivity contribution >= 4 is 11.9 Å². The van der Waals surface area contributed by atoms with E-state index in [9.17, 15) is 14.7 Å². The van der Waals surface area contributed by atoms with Crippen LogP contribution in [0, 0.1) is 0 Å². The Bertz CT molecular complexity index is 322. The Morgan fingerprint density at radius 3 is 2.47 bits per heavy atom. The topological polar surface area (TPSA) is 69.6 Å². The number of likely N-dealkylation sites (tertiary alicyclic amines) is 1. The first-order valence-corrected chi connectivity index (χ1v) is 5.96. The lowest BCUT2D eigenvalue weighted by molar-refractivity contribution is -0.155. The third kappa shape index (κ3) is 3.19. The normalized spacial score (nSPS) is 25.1. The van der Waals surface area contributed by atoms with Crippen molar-refractivity contribution in [3.63, 3.8) is 0 Å². The Hall–Kier alpha value is -1.10. The quantitative estimate of drug-likeness (QED) is 0.769. The molecule has 1 aliphatic rings. The second-order valence-electron chi connectivity index (χ2n) is 5.83. The van der Waals surface area contributed by atoms with E-state index in [4.69, 9.17) is 0 Å². The summed E-state index contributed by atoms with van der Waals surface area (Å²) in [4.78, 5) is 24.7. The van der Waals surface area contributed by atoms with Crippen LogP contribution in [-0.2, 0) is 9.59 Å². The van der Waals surface area contributed by atoms with E-state index in [-0.39, 0.29) is 18.0 Å². The van der Waals surface area contributed by atoms with Gasteiger partial charge in [-0.15, -0.1) is 0 Å². The average Bonchev–Trinajstić information content (AvgIpc) is 2.57. The van der Waals surface area contributed by atoms with Gasteiger partial charge in [-0.1, -0.05) is 0 Å². The molecule has 0 aliphatic carbocycles. The van der Waals surface area contributed by atoms with Crippen LogP contribution >= 0.6 is 0 Å². The molecular weight excluding hydrogens is 220 g/mol. The fourth-order valence-electron chi connectivity index (χ4n) is 2.02. The fourth-order valence-corrected chi connectivity index (χ4v) is 2.02. The van der Waals surface area contributed by atoms with Crippen LogP contribution in [0.25, 0.3) is 0 Å². The molecule has 1 atom stereocenters. The van der Waals surface area contributed by atoms with Crippen molar-refractivity contribution in [3.8, 4) is 0 Å². The molecule has 0 saturated carbocycles. The molecule has 2 N–H and O–H groups in total. The van der Waals surface area contributed by atoms with Gasteiger partial charge < -0.3 is 15.3 Å². The van der Waals surface area contributed by atoms with Gasteiger partial charge in [-0.05, 0) is 40.5 Å². The van der Waals surface area contributed by atoms with Gasteiger partial charge in [0.2, 0.25) is 5.91 Å². The highest BCUT2D eigenvalue weighted by Crippen LogP contribution is 2.29. The number of nitrogens with one attached hydrogen (secondary N) is 1. The van der Waals surface area contributed by atoms with E-state index >= 15 is 0 Å². The summed E-state index contributed by atoms with van der Waals surface area (Å²) in [7, 11) is 0. The van der Waals surface area contributed by atoms with Gasteiger partial charge in [0, 0.05) is 12.1 Å². The van der Waals surface area contributed by atoms with Gasteiger partial charge in [0.05, 0.1) is 6.54 Å². The summed E-state index contributed by atoms with van der Waals surface area (Å²) in [5.74, 6) is -1.05. The second-order valence-corrected chi connectivity index (χ2v) is 5.83. The first-order chi connectivity index (χ1) is 7.67. The summed E-state index contributed by atoms with van der Waals surface area (Å²) in [6.45, 7) is 8.26. The number of carbonyl (C=O) groups is 2. The Kier molecular flexibility index (Phi) is 3.81. The summed E-state index contributed by atoms with van der Waals surface area (Å²) in [5, 5.41) is 12.3. The van der Waals surface area contributed by atoms with Crippen LogP contribution in [0.4, 0.5) is 0 Å². The van der Waals surface area contributed by atoms with Gasteiger partial charge in [-0.2, -0.15) is 0 Å². The van der Waals surface area contributed by atoms with Gasteiger partial charge in [-0.3, -0.25) is 4.79 Å². The third-order valence-electron chi connectivity index (χ3n) is 3.17. The second kappa shape index (κ2) is 4.64. The smallest absolute Gasteiger partial charge is 0.329 e. The molecule has 0 bridgehead atoms. The van der Waals surface area contributed by atoms with E-state index in [1.165, 1.54) is 4.90 Å². The molecule has 98 valence electrons. The van der Waals surface area contributed by atoms with Crippen molar-refractivity contribution in [3.05, 3.63) is 0 Å². The maximum atomic E-state index is 12.0. The zero-order valence-corrected chi connectivity index (χ0v) is 11.0. The summed E-state index contributed by atoms with van der Waals surface area (Å²) >= 11 is 0. The molecule has 0 spiro atoms. The molecule has 0 radical (unpaired) electrons. The number of hydrogen-bond acceptors (Lipinski definition) is 3. The van der Waals surface area contributed by atoms with E-state index in [1.54, 1.807) is 6.92 Å². The highest BCUT2D eigenvalue weighted by Gasteiger charge is 2.45. The van der Waals surface area contributed by atoms with E-state index < -0.39 is 11.5 Å². The SMILES string of the molecule is CC(C)(C)NCC(=O)N1CCCC1(C)C(=O)O. The van der Waals surface area contributed by atoms with Crippen LogP contribution in [0.1, 0.15) is 40.5 Å². The molecule has 1 aliphatic heterocycles. The summed E-state index contributed by atoms with van der Waals surface area (Å²) in [5.41, 5.74) is -1.17. The number of carboxylic acid groups (broad SMARTS) is 1. The number of carbonyl (C=O) groups excluding carboxylic acids is 1. The predicted molar refractivity (Wildman–Crippen MR) is 64.7 cm³/mol. The number of nitrogens with zero attached hydrogens (tertiary/aromatic N) is 1. The summed E-state index contributed by atoms with van der Waals surface area (Å²) in [6.07, 6.45) is 1.29. The number of hydrogen-bond donors (Lipinski definition) is 2. The van der Waals surface area contributed by atoms with Crippen molar-refractivity contribution in [1.29, 1.82) is 0 Å². The van der Waals surface area contributed by atoms with Crippen LogP contribution in [-0.4, -0.2) is 46.1 Å². The van der Waals surface area contributed by atoms with E-state index in [2.05, 4.69) is 5.32 Å². The number of amides is 1. The van der Waals surface area contributed by atoms with Crippen LogP contribution in [0.3, 0.4) is 0 Å². The highest BCUT2D eigenvalue weighted by atomic mass is 16.4. The lowest BCUT2D eigenvalue weighted by Gasteiger charge is -2.32. The van der Waals surface area contributed by atoms with Crippen molar-refractivity contribution in [2.24, 2.45) is 0 Å². The maximum absolute atomic E-state index is 12.0. The minimum absolute atomic E-state index is 0.137. The van der Waals surface area contributed by atoms with Gasteiger partial charge in [0.1, 0.15) is 5.54 Å². The molecule has 0 aromatic carbocycles. The summed E-state index contributed by atoms with van der Waals surface area (Å²) < 4.78 is 0. The molecule has 5 nitrogen and oxygen atoms in total. The molecule has 1 saturated heterocycles. The van der Waals surface area contributed by atoms with Gasteiger partial charge in [0.25, 0.3) is 0 Å². The van der Waals surface area contributed by atoms with Crippen molar-refractivity contribution < 1.29 is 14.7 Å². The first kappa shape index (κ1) is 14.0. The Balaban J connectivity index is 2.66. The molecule has 1 heterocycles. The Labute approximate surface area is 102 Å². The number of aliphatic carboxylic acids is 1. The van der Waals surface area contributed by atoms with Crippen LogP contribution in [0.2, 0.25) is 0 Å². The molecule has 1 amide bonds. The van der Waals surface area contributed by atoms with Crippen LogP contribution in [0.15, 0.2) is 0 Å². The zero-order valence-electron chi connectivity index (χ0n) is 11.0. The lowest BCUT2D eigenvalue weighted by atomic mass is 9.99. The van der Waals surface area contributed by atoms with Crippen LogP contribution in [0.5, 0.6) is 0 Å². The number of rotatable bonds is 3. The molecule has 0 aromatic rings. The maximum Gasteiger partial charge on any atom is 0.329 e. The average molecular weight is 242 g/mol. The zero-order chi connectivity index (χ0) is 13.3. The Morgan fingerprint density at radius 1 is 1.41 bits per heavy atom. The largest absolute Gasteiger partial charge is 0.480 e. The van der Waals surface area contributed by atoms with Crippen molar-refractivity contribution in [1.82, 2.24) is 10.2 Å². The monoisotopic (exact) mass is 242 g/mol. The van der Waals surface area contributed by atoms with Crippen molar-refractivity contribution in [2.75, 3.05) is 13.1 Å². The van der Waals surface area contributed by atoms with E-state index in [0.29, 0.717) is 13.0 Å². The van der Waals surface area contributed by atoms with E-state index in [1.807, 2.05) is 20.8 Å². The molecule has 17 heavy (non-hydrogen) atoms. The molecule has 1 unspecified atom stereocenters. The highest BCUT2D eigenvalue weighted by molar-refractivity contribution is 5.88. The molecule has 1 fully saturated rings. The van der Waals surface area contributed by atoms with Gasteiger partial charge in [-0.25, -0.2) is 4.79 Å². The van der Waals surface area contributed by atoms with Crippen LogP contribution < -0.4 is 5.32 Å².